The Labute approximate surface area is 155 Å². The Morgan fingerprint density at radius 3 is 2.33 bits per heavy atom. The Morgan fingerprint density at radius 2 is 1.74 bits per heavy atom. The number of nitrogens with one attached hydrogen (secondary N) is 2. The van der Waals surface area contributed by atoms with Crippen molar-refractivity contribution >= 4 is 23.9 Å². The summed E-state index contributed by atoms with van der Waals surface area (Å²) in [5, 5.41) is 31.7. The number of carbonyl (C=O) groups is 4. The number of aliphatic carboxylic acids is 2. The predicted molar refractivity (Wildman–Crippen MR) is 91.7 cm³/mol. The van der Waals surface area contributed by atoms with Gasteiger partial charge in [-0.3, -0.25) is 9.59 Å². The van der Waals surface area contributed by atoms with E-state index in [2.05, 4.69) is 10.6 Å². The number of ether oxygens (including phenoxy) is 1. The van der Waals surface area contributed by atoms with Crippen molar-refractivity contribution < 1.29 is 39.2 Å². The Morgan fingerprint density at radius 1 is 1.07 bits per heavy atom. The molecule has 0 aromatic heterocycles. The molecule has 0 unspecified atom stereocenters. The van der Waals surface area contributed by atoms with Gasteiger partial charge in [0.05, 0.1) is 12.5 Å². The van der Waals surface area contributed by atoms with Crippen molar-refractivity contribution in [2.24, 2.45) is 0 Å². The first-order chi connectivity index (χ1) is 12.8. The predicted octanol–water partition coefficient (Wildman–Crippen LogP) is 0.0980. The molecule has 27 heavy (non-hydrogen) atoms. The van der Waals surface area contributed by atoms with Crippen molar-refractivity contribution in [3.05, 3.63) is 35.9 Å². The number of rotatable bonds is 11. The van der Waals surface area contributed by atoms with Gasteiger partial charge < -0.3 is 30.7 Å². The zero-order valence-corrected chi connectivity index (χ0v) is 14.5. The van der Waals surface area contributed by atoms with Gasteiger partial charge in [-0.2, -0.15) is 0 Å². The molecule has 1 aromatic rings. The van der Waals surface area contributed by atoms with Gasteiger partial charge in [0.1, 0.15) is 12.6 Å². The first kappa shape index (κ1) is 21.9. The lowest BCUT2D eigenvalue weighted by Crippen LogP contribution is -2.43. The summed E-state index contributed by atoms with van der Waals surface area (Å²) in [4.78, 5) is 44.8. The average molecular weight is 382 g/mol. The van der Waals surface area contributed by atoms with Gasteiger partial charge in [0.2, 0.25) is 5.91 Å². The van der Waals surface area contributed by atoms with E-state index >= 15 is 0 Å². The van der Waals surface area contributed by atoms with Crippen molar-refractivity contribution in [3.63, 3.8) is 0 Å². The second kappa shape index (κ2) is 11.5. The van der Waals surface area contributed by atoms with E-state index in [1.807, 2.05) is 6.07 Å². The molecule has 0 aliphatic carbocycles. The third-order valence-electron chi connectivity index (χ3n) is 3.40. The van der Waals surface area contributed by atoms with Gasteiger partial charge in [-0.15, -0.1) is 0 Å². The van der Waals surface area contributed by atoms with Crippen molar-refractivity contribution in [1.82, 2.24) is 10.6 Å². The van der Waals surface area contributed by atoms with Crippen LogP contribution >= 0.6 is 0 Å². The van der Waals surface area contributed by atoms with E-state index in [0.29, 0.717) is 0 Å². The van der Waals surface area contributed by atoms with E-state index in [4.69, 9.17) is 14.9 Å². The van der Waals surface area contributed by atoms with E-state index < -0.39 is 48.9 Å². The number of hydrogen-bond acceptors (Lipinski definition) is 6. The lowest BCUT2D eigenvalue weighted by molar-refractivity contribution is -0.143. The fraction of sp³-hybridized carbons (Fsp3) is 0.412. The molecule has 2 amide bonds. The highest BCUT2D eigenvalue weighted by Crippen LogP contribution is 2.02. The number of carboxylic acid groups (broad SMARTS) is 2. The van der Waals surface area contributed by atoms with E-state index in [1.165, 1.54) is 0 Å². The van der Waals surface area contributed by atoms with Gasteiger partial charge in [0.25, 0.3) is 0 Å². The number of carboxylic acids is 2. The highest BCUT2D eigenvalue weighted by Gasteiger charge is 2.22. The van der Waals surface area contributed by atoms with E-state index in [1.54, 1.807) is 24.3 Å². The quantitative estimate of drug-likeness (QED) is 0.360. The van der Waals surface area contributed by atoms with Crippen molar-refractivity contribution in [1.29, 1.82) is 0 Å². The summed E-state index contributed by atoms with van der Waals surface area (Å²) >= 11 is 0. The van der Waals surface area contributed by atoms with Gasteiger partial charge in [0, 0.05) is 13.0 Å². The molecule has 0 saturated heterocycles. The second-order valence-electron chi connectivity index (χ2n) is 5.69. The number of amides is 2. The lowest BCUT2D eigenvalue weighted by atomic mass is 10.1. The molecule has 10 nitrogen and oxygen atoms in total. The fourth-order valence-electron chi connectivity index (χ4n) is 2.04. The van der Waals surface area contributed by atoms with Crippen molar-refractivity contribution in [2.45, 2.75) is 38.0 Å². The van der Waals surface area contributed by atoms with Crippen LogP contribution in [0.4, 0.5) is 4.79 Å². The van der Waals surface area contributed by atoms with Crippen molar-refractivity contribution in [2.75, 3.05) is 6.54 Å². The molecule has 0 radical (unpaired) electrons. The van der Waals surface area contributed by atoms with Crippen LogP contribution in [0, 0.1) is 0 Å². The van der Waals surface area contributed by atoms with Crippen LogP contribution in [0.25, 0.3) is 0 Å². The van der Waals surface area contributed by atoms with Crippen LogP contribution in [0.3, 0.4) is 0 Å². The molecule has 1 aromatic carbocycles. The second-order valence-corrected chi connectivity index (χ2v) is 5.69. The summed E-state index contributed by atoms with van der Waals surface area (Å²) in [6, 6.07) is 7.58. The molecule has 0 spiro atoms. The van der Waals surface area contributed by atoms with Crippen LogP contribution in [0.15, 0.2) is 30.3 Å². The molecular formula is C17H22N2O8. The third kappa shape index (κ3) is 9.80. The van der Waals surface area contributed by atoms with Crippen molar-refractivity contribution in [3.8, 4) is 0 Å². The zero-order chi connectivity index (χ0) is 20.2. The number of aliphatic hydroxyl groups excluding tert-OH is 1. The van der Waals surface area contributed by atoms with Gasteiger partial charge in [0.15, 0.2) is 0 Å². The molecule has 0 bridgehead atoms. The zero-order valence-electron chi connectivity index (χ0n) is 14.5. The maximum Gasteiger partial charge on any atom is 0.407 e. The molecule has 0 saturated carbocycles. The van der Waals surface area contributed by atoms with Crippen LogP contribution in [-0.4, -0.2) is 57.9 Å². The molecule has 0 fully saturated rings. The summed E-state index contributed by atoms with van der Waals surface area (Å²) < 4.78 is 4.94. The molecule has 148 valence electrons. The largest absolute Gasteiger partial charge is 0.481 e. The average Bonchev–Trinajstić information content (AvgIpc) is 2.62. The molecule has 0 aliphatic rings. The first-order valence-electron chi connectivity index (χ1n) is 8.14. The molecular weight excluding hydrogens is 360 g/mol. The minimum Gasteiger partial charge on any atom is -0.481 e. The van der Waals surface area contributed by atoms with Gasteiger partial charge in [-0.1, -0.05) is 30.3 Å². The fourth-order valence-corrected chi connectivity index (χ4v) is 2.04. The number of benzene rings is 1. The minimum absolute atomic E-state index is 0.0487. The van der Waals surface area contributed by atoms with E-state index in [-0.39, 0.29) is 19.6 Å². The first-order valence-corrected chi connectivity index (χ1v) is 8.14. The number of carbonyl (C=O) groups excluding carboxylic acids is 2. The summed E-state index contributed by atoms with van der Waals surface area (Å²) in [6.07, 6.45) is -3.20. The van der Waals surface area contributed by atoms with Crippen LogP contribution in [0.1, 0.15) is 24.8 Å². The summed E-state index contributed by atoms with van der Waals surface area (Å²) in [6.45, 7) is -0.221. The van der Waals surface area contributed by atoms with Crippen LogP contribution in [-0.2, 0) is 25.7 Å². The maximum absolute atomic E-state index is 11.7. The normalized spacial score (nSPS) is 12.5. The third-order valence-corrected chi connectivity index (χ3v) is 3.40. The number of aliphatic hydroxyl groups is 1. The van der Waals surface area contributed by atoms with Gasteiger partial charge in [-0.05, 0) is 12.0 Å². The summed E-state index contributed by atoms with van der Waals surface area (Å²) in [7, 11) is 0. The highest BCUT2D eigenvalue weighted by atomic mass is 16.5. The maximum atomic E-state index is 11.7. The Hall–Kier alpha value is -3.14. The van der Waals surface area contributed by atoms with Crippen LogP contribution in [0.2, 0.25) is 0 Å². The van der Waals surface area contributed by atoms with Gasteiger partial charge in [-0.25, -0.2) is 9.59 Å². The molecule has 0 heterocycles. The monoisotopic (exact) mass is 382 g/mol. The van der Waals surface area contributed by atoms with Gasteiger partial charge >= 0.3 is 18.0 Å². The summed E-state index contributed by atoms with van der Waals surface area (Å²) in [5.41, 5.74) is 0.786. The van der Waals surface area contributed by atoms with Crippen LogP contribution < -0.4 is 10.6 Å². The molecule has 10 heteroatoms. The minimum atomic E-state index is -1.37. The highest BCUT2D eigenvalue weighted by molar-refractivity contribution is 5.84. The Balaban J connectivity index is 2.30. The van der Waals surface area contributed by atoms with E-state index in [0.717, 1.165) is 5.56 Å². The van der Waals surface area contributed by atoms with E-state index in [9.17, 15) is 24.3 Å². The smallest absolute Gasteiger partial charge is 0.407 e. The summed E-state index contributed by atoms with van der Waals surface area (Å²) in [5.74, 6) is -3.34. The molecule has 0 aliphatic heterocycles. The Kier molecular flexibility index (Phi) is 9.30. The lowest BCUT2D eigenvalue weighted by Gasteiger charge is -2.16. The van der Waals surface area contributed by atoms with Crippen LogP contribution in [0.5, 0.6) is 0 Å². The Bertz CT molecular complexity index is 650. The molecule has 5 N–H and O–H groups in total. The molecule has 1 rings (SSSR count). The number of hydrogen-bond donors (Lipinski definition) is 5. The standard InChI is InChI=1S/C17H22N2O8/c20-12(8-14(21)19-13(16(24)25)6-7-15(22)23)9-18-17(26)27-10-11-4-2-1-3-5-11/h1-5,12-13,20H,6-10H2,(H,18,26)(H,19,21)(H,22,23)(H,24,25)/t12-,13+/m0/s1. The molecule has 2 atom stereocenters. The topological polar surface area (TPSA) is 162 Å². The number of alkyl carbamates (subject to hydrolysis) is 1. The SMILES string of the molecule is O=C(O)CC[C@@H](NC(=O)C[C@H](O)CNC(=O)OCc1ccccc1)C(=O)O.